The molecule has 0 fully saturated rings. The highest BCUT2D eigenvalue weighted by molar-refractivity contribution is 7.90. The Kier molecular flexibility index (Phi) is 4.01. The van der Waals surface area contributed by atoms with Crippen LogP contribution in [-0.2, 0) is 15.7 Å². The van der Waals surface area contributed by atoms with Crippen LogP contribution in [0.2, 0.25) is 0 Å². The van der Waals surface area contributed by atoms with Crippen molar-refractivity contribution in [3.05, 3.63) is 42.1 Å². The van der Waals surface area contributed by atoms with Gasteiger partial charge >= 0.3 is 0 Å². The molecule has 100 valence electrons. The van der Waals surface area contributed by atoms with Gasteiger partial charge in [0.25, 0.3) is 0 Å². The number of hydrogen-bond donors (Lipinski definition) is 0. The highest BCUT2D eigenvalue weighted by Gasteiger charge is 2.07. The van der Waals surface area contributed by atoms with Gasteiger partial charge in [0.1, 0.15) is 5.75 Å². The Morgan fingerprint density at radius 2 is 1.79 bits per heavy atom. The van der Waals surface area contributed by atoms with Crippen LogP contribution in [0, 0.1) is 0 Å². The van der Waals surface area contributed by atoms with E-state index < -0.39 is 9.84 Å². The molecule has 0 aliphatic rings. The molecule has 0 aliphatic carbocycles. The number of hydrogen-bond acceptors (Lipinski definition) is 5. The van der Waals surface area contributed by atoms with Crippen LogP contribution in [-0.4, -0.2) is 24.9 Å². The molecule has 1 aromatic carbocycles. The van der Waals surface area contributed by atoms with Gasteiger partial charge in [-0.15, -0.1) is 16.7 Å². The van der Waals surface area contributed by atoms with Crippen molar-refractivity contribution in [2.24, 2.45) is 0 Å². The van der Waals surface area contributed by atoms with E-state index in [0.29, 0.717) is 17.3 Å². The summed E-state index contributed by atoms with van der Waals surface area (Å²) in [5.74, 6) is 1.09. The molecule has 0 aliphatic heterocycles. The highest BCUT2D eigenvalue weighted by Crippen LogP contribution is 2.21. The van der Waals surface area contributed by atoms with Crippen molar-refractivity contribution in [1.82, 2.24) is 10.2 Å². The van der Waals surface area contributed by atoms with E-state index in [4.69, 9.17) is 16.3 Å². The van der Waals surface area contributed by atoms with E-state index >= 15 is 0 Å². The van der Waals surface area contributed by atoms with Gasteiger partial charge in [-0.05, 0) is 30.3 Å². The maximum atomic E-state index is 11.3. The molecule has 1 heterocycles. The van der Waals surface area contributed by atoms with Crippen LogP contribution in [0.5, 0.6) is 11.6 Å². The fourth-order valence-electron chi connectivity index (χ4n) is 1.35. The van der Waals surface area contributed by atoms with Crippen molar-refractivity contribution < 1.29 is 13.2 Å². The zero-order valence-corrected chi connectivity index (χ0v) is 11.6. The Labute approximate surface area is 116 Å². The number of nitrogens with zero attached hydrogens (tertiary/aromatic N) is 2. The summed E-state index contributed by atoms with van der Waals surface area (Å²) in [6.07, 6.45) is 1.15. The Bertz CT molecular complexity index is 654. The van der Waals surface area contributed by atoms with Gasteiger partial charge in [-0.3, -0.25) is 0 Å². The van der Waals surface area contributed by atoms with Gasteiger partial charge in [-0.2, -0.15) is 5.10 Å². The molecule has 0 radical (unpaired) electrons. The molecule has 0 saturated heterocycles. The van der Waals surface area contributed by atoms with E-state index in [1.807, 2.05) is 0 Å². The van der Waals surface area contributed by atoms with Gasteiger partial charge in [0.2, 0.25) is 5.88 Å². The lowest BCUT2D eigenvalue weighted by Crippen LogP contribution is -1.97. The molecule has 0 saturated carbocycles. The topological polar surface area (TPSA) is 69.2 Å². The number of halogens is 1. The number of alkyl halides is 1. The second kappa shape index (κ2) is 5.54. The average molecular weight is 299 g/mol. The van der Waals surface area contributed by atoms with E-state index in [2.05, 4.69) is 10.2 Å². The molecular formula is C12H11ClN2O3S. The van der Waals surface area contributed by atoms with Gasteiger partial charge in [-0.1, -0.05) is 0 Å². The molecule has 2 aromatic rings. The molecule has 2 rings (SSSR count). The average Bonchev–Trinajstić information content (AvgIpc) is 2.39. The Balaban J connectivity index is 2.15. The van der Waals surface area contributed by atoms with Gasteiger partial charge in [0.15, 0.2) is 9.84 Å². The summed E-state index contributed by atoms with van der Waals surface area (Å²) in [6, 6.07) is 9.44. The summed E-state index contributed by atoms with van der Waals surface area (Å²) in [7, 11) is -3.20. The molecule has 5 nitrogen and oxygen atoms in total. The lowest BCUT2D eigenvalue weighted by Gasteiger charge is -2.05. The van der Waals surface area contributed by atoms with Crippen LogP contribution < -0.4 is 4.74 Å². The predicted molar refractivity (Wildman–Crippen MR) is 71.2 cm³/mol. The van der Waals surface area contributed by atoms with Crippen molar-refractivity contribution in [1.29, 1.82) is 0 Å². The van der Waals surface area contributed by atoms with Crippen LogP contribution in [0.1, 0.15) is 5.69 Å². The normalized spacial score (nSPS) is 11.3. The quantitative estimate of drug-likeness (QED) is 0.811. The molecule has 0 bridgehead atoms. The van der Waals surface area contributed by atoms with Crippen molar-refractivity contribution in [3.63, 3.8) is 0 Å². The SMILES string of the molecule is CS(=O)(=O)c1ccc(Oc2ccc(CCl)nn2)cc1. The summed E-state index contributed by atoms with van der Waals surface area (Å²) in [5.41, 5.74) is 0.654. The molecule has 0 amide bonds. The van der Waals surface area contributed by atoms with Gasteiger partial charge in [-0.25, -0.2) is 8.42 Å². The van der Waals surface area contributed by atoms with Crippen LogP contribution in [0.4, 0.5) is 0 Å². The van der Waals surface area contributed by atoms with Gasteiger partial charge < -0.3 is 4.74 Å². The monoisotopic (exact) mass is 298 g/mol. The lowest BCUT2D eigenvalue weighted by atomic mass is 10.3. The summed E-state index contributed by atoms with van der Waals surface area (Å²) >= 11 is 5.60. The van der Waals surface area contributed by atoms with Crippen molar-refractivity contribution >= 4 is 21.4 Å². The van der Waals surface area contributed by atoms with E-state index in [9.17, 15) is 8.42 Å². The third kappa shape index (κ3) is 3.65. The first kappa shape index (κ1) is 13.8. The Morgan fingerprint density at radius 1 is 1.11 bits per heavy atom. The minimum atomic E-state index is -3.20. The van der Waals surface area contributed by atoms with Crippen LogP contribution in [0.25, 0.3) is 0 Å². The van der Waals surface area contributed by atoms with Gasteiger partial charge in [0, 0.05) is 12.3 Å². The van der Waals surface area contributed by atoms with Crippen molar-refractivity contribution in [2.45, 2.75) is 10.8 Å². The van der Waals surface area contributed by atoms with Crippen molar-refractivity contribution in [3.8, 4) is 11.6 Å². The van der Waals surface area contributed by atoms with E-state index in [0.717, 1.165) is 6.26 Å². The summed E-state index contributed by atoms with van der Waals surface area (Å²) in [4.78, 5) is 0.239. The zero-order valence-electron chi connectivity index (χ0n) is 10.1. The first-order valence-corrected chi connectivity index (χ1v) is 7.78. The largest absolute Gasteiger partial charge is 0.438 e. The van der Waals surface area contributed by atoms with Crippen LogP contribution >= 0.6 is 11.6 Å². The highest BCUT2D eigenvalue weighted by atomic mass is 35.5. The minimum Gasteiger partial charge on any atom is -0.438 e. The molecule has 0 unspecified atom stereocenters. The molecule has 19 heavy (non-hydrogen) atoms. The second-order valence-electron chi connectivity index (χ2n) is 3.84. The predicted octanol–water partition coefficient (Wildman–Crippen LogP) is 2.41. The third-order valence-corrected chi connectivity index (χ3v) is 3.71. The Morgan fingerprint density at radius 3 is 2.26 bits per heavy atom. The summed E-state index contributed by atoms with van der Waals surface area (Å²) in [6.45, 7) is 0. The first-order chi connectivity index (χ1) is 8.99. The third-order valence-electron chi connectivity index (χ3n) is 2.31. The number of ether oxygens (including phenoxy) is 1. The first-order valence-electron chi connectivity index (χ1n) is 5.35. The van der Waals surface area contributed by atoms with Crippen LogP contribution in [0.3, 0.4) is 0 Å². The molecule has 1 aromatic heterocycles. The fourth-order valence-corrected chi connectivity index (χ4v) is 2.12. The number of sulfone groups is 1. The standard InChI is InChI=1S/C12H11ClN2O3S/c1-19(16,17)11-5-3-10(4-6-11)18-12-7-2-9(8-13)14-15-12/h2-7H,8H2,1H3. The van der Waals surface area contributed by atoms with Crippen molar-refractivity contribution in [2.75, 3.05) is 6.26 Å². The number of aromatic nitrogens is 2. The fraction of sp³-hybridized carbons (Fsp3) is 0.167. The number of benzene rings is 1. The summed E-state index contributed by atoms with van der Waals surface area (Å²) < 4.78 is 28.0. The summed E-state index contributed by atoms with van der Waals surface area (Å²) in [5, 5.41) is 7.69. The van der Waals surface area contributed by atoms with E-state index in [1.165, 1.54) is 12.1 Å². The maximum Gasteiger partial charge on any atom is 0.238 e. The maximum absolute atomic E-state index is 11.3. The second-order valence-corrected chi connectivity index (χ2v) is 6.13. The van der Waals surface area contributed by atoms with Crippen LogP contribution in [0.15, 0.2) is 41.3 Å². The molecule has 0 N–H and O–H groups in total. The molecule has 7 heteroatoms. The minimum absolute atomic E-state index is 0.239. The lowest BCUT2D eigenvalue weighted by molar-refractivity contribution is 0.454. The van der Waals surface area contributed by atoms with Gasteiger partial charge in [0.05, 0.1) is 16.5 Å². The van der Waals surface area contributed by atoms with E-state index in [1.54, 1.807) is 24.3 Å². The van der Waals surface area contributed by atoms with E-state index in [-0.39, 0.29) is 10.8 Å². The Hall–Kier alpha value is -1.66. The zero-order chi connectivity index (χ0) is 13.9. The molecule has 0 spiro atoms. The molecule has 0 atom stereocenters. The number of rotatable bonds is 4. The molecular weight excluding hydrogens is 288 g/mol. The smallest absolute Gasteiger partial charge is 0.238 e.